The van der Waals surface area contributed by atoms with Gasteiger partial charge < -0.3 is 16.0 Å². The van der Waals surface area contributed by atoms with Crippen LogP contribution in [0.15, 0.2) is 54.6 Å². The van der Waals surface area contributed by atoms with Crippen molar-refractivity contribution >= 4 is 17.5 Å². The standard InChI is InChI=1S/C19H23N3O2/c1-14(2)22-19(24)16-9-6-10-17(11-16)20-13-18(23)21-12-15-7-4-3-5-8-15/h3-11,14,20H,12-13H2,1-2H3,(H,21,23)(H,22,24). The van der Waals surface area contributed by atoms with E-state index in [1.807, 2.05) is 50.2 Å². The highest BCUT2D eigenvalue weighted by molar-refractivity contribution is 5.95. The van der Waals surface area contributed by atoms with Crippen LogP contribution in [0.5, 0.6) is 0 Å². The molecule has 0 aliphatic carbocycles. The monoisotopic (exact) mass is 325 g/mol. The Morgan fingerprint density at radius 1 is 1.00 bits per heavy atom. The van der Waals surface area contributed by atoms with Crippen LogP contribution >= 0.6 is 0 Å². The molecular formula is C19H23N3O2. The number of hydrogen-bond donors (Lipinski definition) is 3. The Kier molecular flexibility index (Phi) is 6.37. The lowest BCUT2D eigenvalue weighted by Gasteiger charge is -2.11. The normalized spacial score (nSPS) is 10.3. The Balaban J connectivity index is 1.83. The van der Waals surface area contributed by atoms with Crippen molar-refractivity contribution < 1.29 is 9.59 Å². The SMILES string of the molecule is CC(C)NC(=O)c1cccc(NCC(=O)NCc2ccccc2)c1. The van der Waals surface area contributed by atoms with E-state index in [4.69, 9.17) is 0 Å². The molecule has 0 atom stereocenters. The Morgan fingerprint density at radius 2 is 1.75 bits per heavy atom. The van der Waals surface area contributed by atoms with Crippen LogP contribution in [-0.2, 0) is 11.3 Å². The summed E-state index contributed by atoms with van der Waals surface area (Å²) in [5, 5.41) is 8.73. The second kappa shape index (κ2) is 8.72. The first kappa shape index (κ1) is 17.5. The third-order valence-corrected chi connectivity index (χ3v) is 3.33. The molecule has 0 radical (unpaired) electrons. The number of carbonyl (C=O) groups excluding carboxylic acids is 2. The highest BCUT2D eigenvalue weighted by atomic mass is 16.2. The molecule has 2 aromatic carbocycles. The molecule has 0 aromatic heterocycles. The molecular weight excluding hydrogens is 302 g/mol. The lowest BCUT2D eigenvalue weighted by atomic mass is 10.1. The van der Waals surface area contributed by atoms with Crippen LogP contribution < -0.4 is 16.0 Å². The summed E-state index contributed by atoms with van der Waals surface area (Å²) < 4.78 is 0. The van der Waals surface area contributed by atoms with E-state index in [0.717, 1.165) is 11.3 Å². The molecule has 2 rings (SSSR count). The molecule has 5 nitrogen and oxygen atoms in total. The fraction of sp³-hybridized carbons (Fsp3) is 0.263. The minimum Gasteiger partial charge on any atom is -0.376 e. The average molecular weight is 325 g/mol. The number of benzene rings is 2. The molecule has 0 aliphatic heterocycles. The van der Waals surface area contributed by atoms with Gasteiger partial charge >= 0.3 is 0 Å². The molecule has 0 fully saturated rings. The summed E-state index contributed by atoms with van der Waals surface area (Å²) in [4.78, 5) is 23.9. The molecule has 126 valence electrons. The van der Waals surface area contributed by atoms with Crippen molar-refractivity contribution in [3.8, 4) is 0 Å². The third kappa shape index (κ3) is 5.76. The van der Waals surface area contributed by atoms with E-state index in [1.165, 1.54) is 0 Å². The van der Waals surface area contributed by atoms with E-state index in [1.54, 1.807) is 18.2 Å². The van der Waals surface area contributed by atoms with Crippen LogP contribution in [0.1, 0.15) is 29.8 Å². The molecule has 5 heteroatoms. The van der Waals surface area contributed by atoms with Crippen molar-refractivity contribution in [2.24, 2.45) is 0 Å². The van der Waals surface area contributed by atoms with E-state index in [-0.39, 0.29) is 24.4 Å². The predicted octanol–water partition coefficient (Wildman–Crippen LogP) is 2.55. The van der Waals surface area contributed by atoms with Crippen molar-refractivity contribution in [2.75, 3.05) is 11.9 Å². The first-order valence-electron chi connectivity index (χ1n) is 8.00. The zero-order valence-corrected chi connectivity index (χ0v) is 14.0. The second-order valence-electron chi connectivity index (χ2n) is 5.82. The minimum atomic E-state index is -0.123. The molecule has 2 amide bonds. The summed E-state index contributed by atoms with van der Waals surface area (Å²) in [6.07, 6.45) is 0. The zero-order valence-electron chi connectivity index (χ0n) is 14.0. The summed E-state index contributed by atoms with van der Waals surface area (Å²) in [6.45, 7) is 4.48. The van der Waals surface area contributed by atoms with Crippen LogP contribution in [0.3, 0.4) is 0 Å². The molecule has 0 aliphatic rings. The van der Waals surface area contributed by atoms with Crippen molar-refractivity contribution in [3.63, 3.8) is 0 Å². The summed E-state index contributed by atoms with van der Waals surface area (Å²) in [5.41, 5.74) is 2.36. The second-order valence-corrected chi connectivity index (χ2v) is 5.82. The van der Waals surface area contributed by atoms with Gasteiger partial charge in [0.25, 0.3) is 5.91 Å². The quantitative estimate of drug-likeness (QED) is 0.733. The number of anilines is 1. The maximum Gasteiger partial charge on any atom is 0.251 e. The number of nitrogens with one attached hydrogen (secondary N) is 3. The van der Waals surface area contributed by atoms with E-state index in [2.05, 4.69) is 16.0 Å². The topological polar surface area (TPSA) is 70.2 Å². The van der Waals surface area contributed by atoms with E-state index < -0.39 is 0 Å². The number of rotatable bonds is 7. The molecule has 0 saturated heterocycles. The van der Waals surface area contributed by atoms with Crippen LogP contribution in [-0.4, -0.2) is 24.4 Å². The highest BCUT2D eigenvalue weighted by Gasteiger charge is 2.08. The minimum absolute atomic E-state index is 0.0814. The number of carbonyl (C=O) groups is 2. The van der Waals surface area contributed by atoms with Gasteiger partial charge in [0.15, 0.2) is 0 Å². The lowest BCUT2D eigenvalue weighted by molar-refractivity contribution is -0.119. The third-order valence-electron chi connectivity index (χ3n) is 3.33. The molecule has 0 saturated carbocycles. The van der Waals surface area contributed by atoms with Gasteiger partial charge in [0.2, 0.25) is 5.91 Å². The molecule has 0 bridgehead atoms. The average Bonchev–Trinajstić information content (AvgIpc) is 2.59. The van der Waals surface area contributed by atoms with E-state index >= 15 is 0 Å². The van der Waals surface area contributed by atoms with Gasteiger partial charge in [-0.2, -0.15) is 0 Å². The molecule has 2 aromatic rings. The summed E-state index contributed by atoms with van der Waals surface area (Å²) >= 11 is 0. The highest BCUT2D eigenvalue weighted by Crippen LogP contribution is 2.10. The van der Waals surface area contributed by atoms with Crippen LogP contribution in [0.25, 0.3) is 0 Å². The summed E-state index contributed by atoms with van der Waals surface area (Å²) in [5.74, 6) is -0.224. The fourth-order valence-corrected chi connectivity index (χ4v) is 2.16. The Hall–Kier alpha value is -2.82. The first-order chi connectivity index (χ1) is 11.5. The van der Waals surface area contributed by atoms with E-state index in [0.29, 0.717) is 12.1 Å². The smallest absolute Gasteiger partial charge is 0.251 e. The summed E-state index contributed by atoms with van der Waals surface area (Å²) in [6, 6.07) is 16.9. The van der Waals surface area contributed by atoms with Gasteiger partial charge in [-0.25, -0.2) is 0 Å². The molecule has 24 heavy (non-hydrogen) atoms. The van der Waals surface area contributed by atoms with Gasteiger partial charge in [0, 0.05) is 23.8 Å². The molecule has 3 N–H and O–H groups in total. The molecule has 0 heterocycles. The fourth-order valence-electron chi connectivity index (χ4n) is 2.16. The first-order valence-corrected chi connectivity index (χ1v) is 8.00. The molecule has 0 unspecified atom stereocenters. The number of hydrogen-bond acceptors (Lipinski definition) is 3. The Morgan fingerprint density at radius 3 is 2.46 bits per heavy atom. The zero-order chi connectivity index (χ0) is 17.4. The number of amides is 2. The van der Waals surface area contributed by atoms with Gasteiger partial charge in [-0.3, -0.25) is 9.59 Å². The van der Waals surface area contributed by atoms with Gasteiger partial charge in [0.05, 0.1) is 6.54 Å². The predicted molar refractivity (Wildman–Crippen MR) is 95.8 cm³/mol. The van der Waals surface area contributed by atoms with E-state index in [9.17, 15) is 9.59 Å². The Labute approximate surface area is 142 Å². The van der Waals surface area contributed by atoms with Gasteiger partial charge in [-0.15, -0.1) is 0 Å². The van der Waals surface area contributed by atoms with Crippen LogP contribution in [0, 0.1) is 0 Å². The van der Waals surface area contributed by atoms with Crippen molar-refractivity contribution in [2.45, 2.75) is 26.4 Å². The van der Waals surface area contributed by atoms with Gasteiger partial charge in [-0.05, 0) is 37.6 Å². The van der Waals surface area contributed by atoms with Gasteiger partial charge in [-0.1, -0.05) is 36.4 Å². The summed E-state index contributed by atoms with van der Waals surface area (Å²) in [7, 11) is 0. The maximum atomic E-state index is 12.0. The Bertz CT molecular complexity index is 684. The van der Waals surface area contributed by atoms with Crippen molar-refractivity contribution in [1.82, 2.24) is 10.6 Å². The van der Waals surface area contributed by atoms with Crippen LogP contribution in [0.2, 0.25) is 0 Å². The van der Waals surface area contributed by atoms with Gasteiger partial charge in [0.1, 0.15) is 0 Å². The maximum absolute atomic E-state index is 12.0. The van der Waals surface area contributed by atoms with Crippen molar-refractivity contribution in [3.05, 3.63) is 65.7 Å². The van der Waals surface area contributed by atoms with Crippen molar-refractivity contribution in [1.29, 1.82) is 0 Å². The largest absolute Gasteiger partial charge is 0.376 e. The lowest BCUT2D eigenvalue weighted by Crippen LogP contribution is -2.30. The van der Waals surface area contributed by atoms with Crippen LogP contribution in [0.4, 0.5) is 5.69 Å². The molecule has 0 spiro atoms.